The summed E-state index contributed by atoms with van der Waals surface area (Å²) in [4.78, 5) is 4.60. The lowest BCUT2D eigenvalue weighted by Gasteiger charge is -2.26. The normalized spacial score (nSPS) is 24.0. The van der Waals surface area contributed by atoms with Crippen LogP contribution in [0.1, 0.15) is 57.7 Å². The van der Waals surface area contributed by atoms with Crippen molar-refractivity contribution in [1.29, 1.82) is 0 Å². The minimum absolute atomic E-state index is 0.314. The van der Waals surface area contributed by atoms with E-state index in [1.165, 1.54) is 32.1 Å². The quantitative estimate of drug-likeness (QED) is 0.825. The van der Waals surface area contributed by atoms with E-state index < -0.39 is 0 Å². The molecule has 2 rings (SSSR count). The molecule has 0 aromatic carbocycles. The zero-order chi connectivity index (χ0) is 15.2. The lowest BCUT2D eigenvalue weighted by molar-refractivity contribution is 0.163. The molecule has 0 radical (unpaired) electrons. The Labute approximate surface area is 129 Å². The van der Waals surface area contributed by atoms with Crippen LogP contribution in [0.3, 0.4) is 0 Å². The fourth-order valence-corrected chi connectivity index (χ4v) is 3.31. The summed E-state index contributed by atoms with van der Waals surface area (Å²) in [5.74, 6) is 2.82. The number of hydrogen-bond acceptors (Lipinski definition) is 3. The highest BCUT2D eigenvalue weighted by Gasteiger charge is 2.18. The van der Waals surface area contributed by atoms with Gasteiger partial charge < -0.3 is 14.6 Å². The van der Waals surface area contributed by atoms with E-state index in [1.54, 1.807) is 7.11 Å². The maximum atomic E-state index is 5.26. The highest BCUT2D eigenvalue weighted by Crippen LogP contribution is 2.30. The summed E-state index contributed by atoms with van der Waals surface area (Å²) in [7, 11) is 1.75. The summed E-state index contributed by atoms with van der Waals surface area (Å²) in [5, 5.41) is 3.53. The van der Waals surface area contributed by atoms with Gasteiger partial charge >= 0.3 is 0 Å². The molecule has 4 heteroatoms. The molecule has 1 aliphatic rings. The lowest BCUT2D eigenvalue weighted by atomic mass is 9.81. The summed E-state index contributed by atoms with van der Waals surface area (Å²) in [6.07, 6.45) is 8.98. The van der Waals surface area contributed by atoms with Gasteiger partial charge in [-0.1, -0.05) is 32.6 Å². The largest absolute Gasteiger partial charge is 0.383 e. The number of anilines is 1. The molecule has 0 amide bonds. The zero-order valence-corrected chi connectivity index (χ0v) is 14.1. The lowest BCUT2D eigenvalue weighted by Crippen LogP contribution is -2.18. The van der Waals surface area contributed by atoms with Crippen LogP contribution in [0.25, 0.3) is 0 Å². The van der Waals surface area contributed by atoms with E-state index in [4.69, 9.17) is 4.74 Å². The van der Waals surface area contributed by atoms with E-state index in [1.807, 2.05) is 6.92 Å². The standard InChI is InChI=1S/C17H31N3O/c1-13-5-7-16(8-6-13)9-10-18-17-19-14(2)11-20(17)15(3)12-21-4/h11,13,15-16H,5-10,12H2,1-4H3,(H,18,19). The van der Waals surface area contributed by atoms with Crippen molar-refractivity contribution in [3.63, 3.8) is 0 Å². The Bertz CT molecular complexity index is 422. The van der Waals surface area contributed by atoms with Gasteiger partial charge in [-0.3, -0.25) is 0 Å². The van der Waals surface area contributed by atoms with Gasteiger partial charge in [-0.15, -0.1) is 0 Å². The van der Waals surface area contributed by atoms with Crippen molar-refractivity contribution in [2.24, 2.45) is 11.8 Å². The number of hydrogen-bond donors (Lipinski definition) is 1. The first-order valence-electron chi connectivity index (χ1n) is 8.38. The monoisotopic (exact) mass is 293 g/mol. The molecule has 1 aromatic rings. The van der Waals surface area contributed by atoms with Crippen molar-refractivity contribution < 1.29 is 4.74 Å². The van der Waals surface area contributed by atoms with E-state index in [0.717, 1.165) is 30.0 Å². The number of rotatable bonds is 7. The third-order valence-electron chi connectivity index (χ3n) is 4.71. The fourth-order valence-electron chi connectivity index (χ4n) is 3.31. The summed E-state index contributed by atoms with van der Waals surface area (Å²) in [6.45, 7) is 8.33. The Balaban J connectivity index is 1.82. The molecule has 21 heavy (non-hydrogen) atoms. The van der Waals surface area contributed by atoms with Crippen molar-refractivity contribution in [3.05, 3.63) is 11.9 Å². The fraction of sp³-hybridized carbons (Fsp3) is 0.824. The van der Waals surface area contributed by atoms with Crippen LogP contribution >= 0.6 is 0 Å². The van der Waals surface area contributed by atoms with E-state index in [0.29, 0.717) is 12.6 Å². The Kier molecular flexibility index (Phi) is 6.09. The predicted molar refractivity (Wildman–Crippen MR) is 87.8 cm³/mol. The molecule has 1 atom stereocenters. The second-order valence-electron chi connectivity index (χ2n) is 6.76. The number of ether oxygens (including phenoxy) is 1. The average molecular weight is 293 g/mol. The summed E-state index contributed by atoms with van der Waals surface area (Å²) < 4.78 is 7.45. The first-order chi connectivity index (χ1) is 10.1. The molecule has 0 spiro atoms. The van der Waals surface area contributed by atoms with Crippen LogP contribution in [0, 0.1) is 18.8 Å². The topological polar surface area (TPSA) is 39.1 Å². The van der Waals surface area contributed by atoms with E-state index in [-0.39, 0.29) is 0 Å². The summed E-state index contributed by atoms with van der Waals surface area (Å²) >= 11 is 0. The number of aromatic nitrogens is 2. The van der Waals surface area contributed by atoms with Crippen molar-refractivity contribution >= 4 is 5.95 Å². The van der Waals surface area contributed by atoms with Gasteiger partial charge in [-0.05, 0) is 32.1 Å². The van der Waals surface area contributed by atoms with Gasteiger partial charge in [0.1, 0.15) is 0 Å². The number of nitrogens with zero attached hydrogens (tertiary/aromatic N) is 2. The number of imidazole rings is 1. The average Bonchev–Trinajstić information content (AvgIpc) is 2.82. The van der Waals surface area contributed by atoms with Gasteiger partial charge in [-0.2, -0.15) is 0 Å². The minimum Gasteiger partial charge on any atom is -0.383 e. The van der Waals surface area contributed by atoms with Gasteiger partial charge in [0.2, 0.25) is 5.95 Å². The molecule has 1 N–H and O–H groups in total. The molecule has 120 valence electrons. The molecular weight excluding hydrogens is 262 g/mol. The Morgan fingerprint density at radius 3 is 2.76 bits per heavy atom. The Hall–Kier alpha value is -1.03. The van der Waals surface area contributed by atoms with Gasteiger partial charge in [-0.25, -0.2) is 4.98 Å². The number of aryl methyl sites for hydroxylation is 1. The number of methoxy groups -OCH3 is 1. The molecule has 0 saturated heterocycles. The molecule has 0 aliphatic heterocycles. The van der Waals surface area contributed by atoms with Gasteiger partial charge in [0.15, 0.2) is 0 Å². The minimum atomic E-state index is 0.314. The first kappa shape index (κ1) is 16.3. The maximum absolute atomic E-state index is 5.26. The SMILES string of the molecule is COCC(C)n1cc(C)nc1NCCC1CCC(C)CC1. The third kappa shape index (κ3) is 4.73. The number of nitrogens with one attached hydrogen (secondary N) is 1. The van der Waals surface area contributed by atoms with Crippen LogP contribution in [-0.2, 0) is 4.74 Å². The van der Waals surface area contributed by atoms with E-state index >= 15 is 0 Å². The molecule has 4 nitrogen and oxygen atoms in total. The predicted octanol–water partition coefficient (Wildman–Crippen LogP) is 4.03. The highest BCUT2D eigenvalue weighted by molar-refractivity contribution is 5.29. The molecule has 1 unspecified atom stereocenters. The van der Waals surface area contributed by atoms with Gasteiger partial charge in [0.25, 0.3) is 0 Å². The van der Waals surface area contributed by atoms with E-state index in [2.05, 4.69) is 34.9 Å². The van der Waals surface area contributed by atoms with Crippen molar-refractivity contribution in [1.82, 2.24) is 9.55 Å². The molecular formula is C17H31N3O. The first-order valence-corrected chi connectivity index (χ1v) is 8.38. The molecule has 1 saturated carbocycles. The Morgan fingerprint density at radius 2 is 2.10 bits per heavy atom. The maximum Gasteiger partial charge on any atom is 0.203 e. The smallest absolute Gasteiger partial charge is 0.203 e. The van der Waals surface area contributed by atoms with Crippen molar-refractivity contribution in [2.75, 3.05) is 25.6 Å². The van der Waals surface area contributed by atoms with Crippen molar-refractivity contribution in [3.8, 4) is 0 Å². The Morgan fingerprint density at radius 1 is 1.38 bits per heavy atom. The molecule has 1 fully saturated rings. The van der Waals surface area contributed by atoms with Crippen molar-refractivity contribution in [2.45, 2.75) is 58.9 Å². The van der Waals surface area contributed by atoms with Crippen LogP contribution in [0.15, 0.2) is 6.20 Å². The van der Waals surface area contributed by atoms with Crippen LogP contribution in [0.5, 0.6) is 0 Å². The highest BCUT2D eigenvalue weighted by atomic mass is 16.5. The van der Waals surface area contributed by atoms with Crippen LogP contribution in [0.4, 0.5) is 5.95 Å². The van der Waals surface area contributed by atoms with Crippen LogP contribution < -0.4 is 5.32 Å². The van der Waals surface area contributed by atoms with E-state index in [9.17, 15) is 0 Å². The van der Waals surface area contributed by atoms with Gasteiger partial charge in [0.05, 0.1) is 18.3 Å². The second-order valence-corrected chi connectivity index (χ2v) is 6.76. The van der Waals surface area contributed by atoms with Crippen LogP contribution in [-0.4, -0.2) is 29.8 Å². The molecule has 1 aliphatic carbocycles. The summed E-state index contributed by atoms with van der Waals surface area (Å²) in [5.41, 5.74) is 1.06. The molecule has 0 bridgehead atoms. The third-order valence-corrected chi connectivity index (χ3v) is 4.71. The second kappa shape index (κ2) is 7.83. The zero-order valence-electron chi connectivity index (χ0n) is 14.1. The molecule has 1 aromatic heterocycles. The molecule has 1 heterocycles. The summed E-state index contributed by atoms with van der Waals surface area (Å²) in [6, 6.07) is 0.314. The van der Waals surface area contributed by atoms with Gasteiger partial charge in [0, 0.05) is 19.9 Å². The van der Waals surface area contributed by atoms with Crippen LogP contribution in [0.2, 0.25) is 0 Å².